The molecule has 0 heterocycles. The third kappa shape index (κ3) is 3.27. The third-order valence-electron chi connectivity index (χ3n) is 4.75. The zero-order valence-corrected chi connectivity index (χ0v) is 11.5. The average Bonchev–Trinajstić information content (AvgIpc) is 2.46. The highest BCUT2D eigenvalue weighted by atomic mass is 16.3. The van der Waals surface area contributed by atoms with Crippen LogP contribution in [0.1, 0.15) is 57.8 Å². The first-order valence-corrected chi connectivity index (χ1v) is 7.55. The van der Waals surface area contributed by atoms with Gasteiger partial charge in [0.1, 0.15) is 5.41 Å². The molecule has 106 valence electrons. The van der Waals surface area contributed by atoms with E-state index in [4.69, 9.17) is 0 Å². The Balaban J connectivity index is 1.87. The Morgan fingerprint density at radius 3 is 2.53 bits per heavy atom. The topological polar surface area (TPSA) is 73.1 Å². The summed E-state index contributed by atoms with van der Waals surface area (Å²) in [4.78, 5) is 12.3. The van der Waals surface area contributed by atoms with Crippen LogP contribution < -0.4 is 5.32 Å². The van der Waals surface area contributed by atoms with E-state index in [9.17, 15) is 15.2 Å². The van der Waals surface area contributed by atoms with Crippen molar-refractivity contribution in [1.82, 2.24) is 5.32 Å². The predicted molar refractivity (Wildman–Crippen MR) is 72.1 cm³/mol. The third-order valence-corrected chi connectivity index (χ3v) is 4.75. The zero-order chi connectivity index (χ0) is 13.7. The van der Waals surface area contributed by atoms with Gasteiger partial charge in [0.2, 0.25) is 5.91 Å². The molecule has 2 atom stereocenters. The number of hydrogen-bond donors (Lipinski definition) is 2. The summed E-state index contributed by atoms with van der Waals surface area (Å²) in [5, 5.41) is 22.2. The molecule has 2 fully saturated rings. The molecule has 2 aliphatic rings. The van der Waals surface area contributed by atoms with Gasteiger partial charge in [-0.05, 0) is 25.7 Å². The first-order valence-electron chi connectivity index (χ1n) is 7.55. The number of nitriles is 1. The van der Waals surface area contributed by atoms with Crippen LogP contribution in [0.4, 0.5) is 0 Å². The highest BCUT2D eigenvalue weighted by Gasteiger charge is 2.40. The van der Waals surface area contributed by atoms with E-state index in [-0.39, 0.29) is 17.9 Å². The number of aliphatic hydroxyl groups is 1. The van der Waals surface area contributed by atoms with Gasteiger partial charge in [0.05, 0.1) is 12.2 Å². The molecule has 0 aromatic heterocycles. The van der Waals surface area contributed by atoms with E-state index in [2.05, 4.69) is 11.4 Å². The van der Waals surface area contributed by atoms with Crippen molar-refractivity contribution in [3.8, 4) is 6.07 Å². The lowest BCUT2D eigenvalue weighted by Gasteiger charge is -2.32. The van der Waals surface area contributed by atoms with Gasteiger partial charge in [-0.3, -0.25) is 4.79 Å². The smallest absolute Gasteiger partial charge is 0.240 e. The molecule has 19 heavy (non-hydrogen) atoms. The first kappa shape index (κ1) is 14.3. The Bertz CT molecular complexity index is 356. The molecule has 0 aromatic rings. The van der Waals surface area contributed by atoms with Gasteiger partial charge in [0, 0.05) is 12.5 Å². The molecule has 2 aliphatic carbocycles. The lowest BCUT2D eigenvalue weighted by molar-refractivity contribution is -0.130. The molecule has 4 nitrogen and oxygen atoms in total. The van der Waals surface area contributed by atoms with E-state index in [1.165, 1.54) is 0 Å². The van der Waals surface area contributed by atoms with Crippen molar-refractivity contribution in [2.45, 2.75) is 63.9 Å². The molecule has 1 amide bonds. The number of amides is 1. The van der Waals surface area contributed by atoms with E-state index in [0.717, 1.165) is 44.9 Å². The highest BCUT2D eigenvalue weighted by molar-refractivity contribution is 5.85. The maximum absolute atomic E-state index is 12.3. The highest BCUT2D eigenvalue weighted by Crippen LogP contribution is 2.36. The van der Waals surface area contributed by atoms with Crippen molar-refractivity contribution in [2.24, 2.45) is 11.3 Å². The Morgan fingerprint density at radius 1 is 1.21 bits per heavy atom. The molecular formula is C15H24N2O2. The van der Waals surface area contributed by atoms with Crippen LogP contribution in [0.5, 0.6) is 0 Å². The van der Waals surface area contributed by atoms with Crippen molar-refractivity contribution in [3.05, 3.63) is 0 Å². The largest absolute Gasteiger partial charge is 0.393 e. The summed E-state index contributed by atoms with van der Waals surface area (Å²) in [5.74, 6) is 0.0458. The van der Waals surface area contributed by atoms with Gasteiger partial charge in [0.15, 0.2) is 0 Å². The standard InChI is InChI=1S/C15H24N2O2/c16-11-15(8-4-1-5-9-15)14(19)17-10-12-6-2-3-7-13(12)18/h12-13,18H,1-10H2,(H,17,19). The second-order valence-electron chi connectivity index (χ2n) is 6.08. The first-order chi connectivity index (χ1) is 9.18. The molecule has 0 aliphatic heterocycles. The van der Waals surface area contributed by atoms with Gasteiger partial charge in [0.25, 0.3) is 0 Å². The molecule has 2 N–H and O–H groups in total. The summed E-state index contributed by atoms with van der Waals surface area (Å²) in [6.45, 7) is 0.517. The number of carbonyl (C=O) groups is 1. The lowest BCUT2D eigenvalue weighted by atomic mass is 9.74. The Morgan fingerprint density at radius 2 is 1.89 bits per heavy atom. The van der Waals surface area contributed by atoms with Gasteiger partial charge >= 0.3 is 0 Å². The summed E-state index contributed by atoms with van der Waals surface area (Å²) in [7, 11) is 0. The van der Waals surface area contributed by atoms with Gasteiger partial charge in [-0.15, -0.1) is 0 Å². The fourth-order valence-corrected chi connectivity index (χ4v) is 3.36. The van der Waals surface area contributed by atoms with Crippen LogP contribution in [0.15, 0.2) is 0 Å². The second kappa shape index (κ2) is 6.38. The van der Waals surface area contributed by atoms with Crippen LogP contribution in [-0.2, 0) is 4.79 Å². The van der Waals surface area contributed by atoms with E-state index in [0.29, 0.717) is 19.4 Å². The van der Waals surface area contributed by atoms with E-state index >= 15 is 0 Å². The summed E-state index contributed by atoms with van der Waals surface area (Å²) in [6.07, 6.45) is 8.14. The molecule has 0 spiro atoms. The normalized spacial score (nSPS) is 30.3. The number of nitrogens with one attached hydrogen (secondary N) is 1. The van der Waals surface area contributed by atoms with Crippen LogP contribution >= 0.6 is 0 Å². The maximum Gasteiger partial charge on any atom is 0.240 e. The van der Waals surface area contributed by atoms with Crippen LogP contribution in [0.3, 0.4) is 0 Å². The summed E-state index contributed by atoms with van der Waals surface area (Å²) < 4.78 is 0. The van der Waals surface area contributed by atoms with Crippen molar-refractivity contribution in [2.75, 3.05) is 6.54 Å². The number of hydrogen-bond acceptors (Lipinski definition) is 3. The van der Waals surface area contributed by atoms with E-state index in [1.807, 2.05) is 0 Å². The molecule has 2 saturated carbocycles. The zero-order valence-electron chi connectivity index (χ0n) is 11.5. The summed E-state index contributed by atoms with van der Waals surface area (Å²) in [6, 6.07) is 2.24. The van der Waals surface area contributed by atoms with E-state index < -0.39 is 5.41 Å². The fourth-order valence-electron chi connectivity index (χ4n) is 3.36. The van der Waals surface area contributed by atoms with Gasteiger partial charge in [-0.25, -0.2) is 0 Å². The van der Waals surface area contributed by atoms with Crippen LogP contribution in [0.25, 0.3) is 0 Å². The summed E-state index contributed by atoms with van der Waals surface area (Å²) in [5.41, 5.74) is -0.808. The predicted octanol–water partition coefficient (Wildman–Crippen LogP) is 2.13. The van der Waals surface area contributed by atoms with Crippen LogP contribution in [-0.4, -0.2) is 23.7 Å². The number of nitrogens with zero attached hydrogens (tertiary/aromatic N) is 1. The minimum Gasteiger partial charge on any atom is -0.393 e. The van der Waals surface area contributed by atoms with Crippen LogP contribution in [0, 0.1) is 22.7 Å². The minimum absolute atomic E-state index is 0.118. The fraction of sp³-hybridized carbons (Fsp3) is 0.867. The molecule has 0 aromatic carbocycles. The molecule has 0 saturated heterocycles. The summed E-state index contributed by atoms with van der Waals surface area (Å²) >= 11 is 0. The number of carbonyl (C=O) groups excluding carboxylic acids is 1. The van der Waals surface area contributed by atoms with Crippen molar-refractivity contribution in [3.63, 3.8) is 0 Å². The van der Waals surface area contributed by atoms with Crippen LogP contribution in [0.2, 0.25) is 0 Å². The minimum atomic E-state index is -0.808. The number of aliphatic hydroxyl groups excluding tert-OH is 1. The molecular weight excluding hydrogens is 240 g/mol. The monoisotopic (exact) mass is 264 g/mol. The quantitative estimate of drug-likeness (QED) is 0.820. The average molecular weight is 264 g/mol. The molecule has 2 rings (SSSR count). The number of rotatable bonds is 3. The Labute approximate surface area is 115 Å². The maximum atomic E-state index is 12.3. The van der Waals surface area contributed by atoms with Gasteiger partial charge in [-0.2, -0.15) is 5.26 Å². The van der Waals surface area contributed by atoms with Gasteiger partial charge < -0.3 is 10.4 Å². The van der Waals surface area contributed by atoms with Gasteiger partial charge in [-0.1, -0.05) is 32.1 Å². The molecule has 2 unspecified atom stereocenters. The SMILES string of the molecule is N#CC1(C(=O)NCC2CCCCC2O)CCCCC1. The second-order valence-corrected chi connectivity index (χ2v) is 6.08. The van der Waals surface area contributed by atoms with Crippen molar-refractivity contribution >= 4 is 5.91 Å². The van der Waals surface area contributed by atoms with Crippen molar-refractivity contribution in [1.29, 1.82) is 5.26 Å². The molecule has 0 bridgehead atoms. The van der Waals surface area contributed by atoms with E-state index in [1.54, 1.807) is 0 Å². The Hall–Kier alpha value is -1.08. The lowest BCUT2D eigenvalue weighted by Crippen LogP contribution is -2.45. The Kier molecular flexibility index (Phi) is 4.81. The molecule has 4 heteroatoms. The van der Waals surface area contributed by atoms with Crippen molar-refractivity contribution < 1.29 is 9.90 Å². The molecule has 0 radical (unpaired) electrons.